The number of amidine groups is 1. The maximum atomic E-state index is 12.9. The van der Waals surface area contributed by atoms with Crippen molar-refractivity contribution < 1.29 is 35.9 Å². The van der Waals surface area contributed by atoms with E-state index in [1.807, 2.05) is 0 Å². The topological polar surface area (TPSA) is 89.6 Å². The number of nitrogens with zero attached hydrogens (tertiary/aromatic N) is 2. The van der Waals surface area contributed by atoms with Gasteiger partial charge in [-0.25, -0.2) is 4.98 Å². The Bertz CT molecular complexity index is 934. The summed E-state index contributed by atoms with van der Waals surface area (Å²) >= 11 is 0. The van der Waals surface area contributed by atoms with Gasteiger partial charge in [-0.3, -0.25) is 10.2 Å². The Hall–Kier alpha value is -3.57. The summed E-state index contributed by atoms with van der Waals surface area (Å²) in [6.07, 6.45) is -7.22. The molecule has 0 amide bonds. The molecule has 1 aromatic heterocycles. The highest BCUT2D eigenvalue weighted by molar-refractivity contribution is 6.06. The van der Waals surface area contributed by atoms with E-state index in [9.17, 15) is 31.1 Å². The van der Waals surface area contributed by atoms with Crippen LogP contribution in [-0.4, -0.2) is 24.2 Å². The van der Waals surface area contributed by atoms with Crippen LogP contribution in [0.3, 0.4) is 0 Å². The van der Waals surface area contributed by atoms with Crippen LogP contribution in [-0.2, 0) is 17.1 Å². The molecule has 2 rings (SSSR count). The van der Waals surface area contributed by atoms with Crippen LogP contribution >= 0.6 is 0 Å². The van der Waals surface area contributed by atoms with Gasteiger partial charge in [0.15, 0.2) is 12.1 Å². The van der Waals surface area contributed by atoms with Gasteiger partial charge >= 0.3 is 12.4 Å². The van der Waals surface area contributed by atoms with Gasteiger partial charge in [0, 0.05) is 35.2 Å². The average molecular weight is 432 g/mol. The maximum Gasteiger partial charge on any atom is 0.416 e. The van der Waals surface area contributed by atoms with Crippen LogP contribution in [0.5, 0.6) is 5.88 Å². The molecule has 6 nitrogen and oxygen atoms in total. The van der Waals surface area contributed by atoms with E-state index in [2.05, 4.69) is 15.5 Å². The van der Waals surface area contributed by atoms with Crippen LogP contribution < -0.4 is 15.9 Å². The van der Waals surface area contributed by atoms with Gasteiger partial charge in [0.2, 0.25) is 5.88 Å². The summed E-state index contributed by atoms with van der Waals surface area (Å²) in [5.74, 6) is -0.356. The lowest BCUT2D eigenvalue weighted by atomic mass is 10.0. The Kier molecular flexibility index (Phi) is 6.70. The fourth-order valence-electron chi connectivity index (χ4n) is 2.20. The summed E-state index contributed by atoms with van der Waals surface area (Å²) in [7, 11) is 1.40. The second kappa shape index (κ2) is 8.84. The lowest BCUT2D eigenvalue weighted by Gasteiger charge is -2.14. The zero-order chi connectivity index (χ0) is 22.5. The van der Waals surface area contributed by atoms with Crippen LogP contribution in [0.4, 0.5) is 26.3 Å². The number of carbonyl (C=O) groups is 1. The Morgan fingerprint density at radius 2 is 1.67 bits per heavy atom. The number of hydrogen-bond donors (Lipinski definition) is 2. The van der Waals surface area contributed by atoms with Gasteiger partial charge < -0.3 is 10.5 Å². The van der Waals surface area contributed by atoms with Crippen molar-refractivity contribution in [1.29, 1.82) is 0 Å². The predicted octanol–water partition coefficient (Wildman–Crippen LogP) is 3.58. The number of carbonyl (C=O) groups excluding carboxylic acids is 1. The molecule has 0 unspecified atom stereocenters. The molecule has 12 heteroatoms. The first-order chi connectivity index (χ1) is 14.0. The van der Waals surface area contributed by atoms with Gasteiger partial charge in [-0.2, -0.15) is 31.4 Å². The third-order valence-electron chi connectivity index (χ3n) is 3.69. The molecule has 2 aromatic rings. The molecular formula is C18H14F6N4O2. The summed E-state index contributed by atoms with van der Waals surface area (Å²) in [5.41, 5.74) is 4.49. The number of aromatic nitrogens is 1. The van der Waals surface area contributed by atoms with E-state index in [0.717, 1.165) is 6.20 Å². The largest absolute Gasteiger partial charge is 0.481 e. The molecule has 0 bridgehead atoms. The Morgan fingerprint density at radius 1 is 1.07 bits per heavy atom. The normalized spacial score (nSPS) is 13.2. The predicted molar refractivity (Wildman–Crippen MR) is 95.1 cm³/mol. The van der Waals surface area contributed by atoms with Crippen LogP contribution in [0, 0.1) is 0 Å². The van der Waals surface area contributed by atoms with E-state index in [1.165, 1.54) is 25.4 Å². The summed E-state index contributed by atoms with van der Waals surface area (Å²) in [6, 6.07) is 3.83. The van der Waals surface area contributed by atoms with E-state index in [1.54, 1.807) is 0 Å². The van der Waals surface area contributed by atoms with Crippen molar-refractivity contribution in [2.24, 2.45) is 10.8 Å². The van der Waals surface area contributed by atoms with Crippen molar-refractivity contribution >= 4 is 17.7 Å². The number of halogens is 6. The number of benzene rings is 1. The summed E-state index contributed by atoms with van der Waals surface area (Å²) in [6.45, 7) is 0. The van der Waals surface area contributed by atoms with Crippen molar-refractivity contribution in [1.82, 2.24) is 10.4 Å². The van der Waals surface area contributed by atoms with E-state index >= 15 is 0 Å². The zero-order valence-electron chi connectivity index (χ0n) is 15.2. The molecule has 160 valence electrons. The highest BCUT2D eigenvalue weighted by atomic mass is 19.4. The number of nitrogens with one attached hydrogen (secondary N) is 1. The Morgan fingerprint density at radius 3 is 2.10 bits per heavy atom. The van der Waals surface area contributed by atoms with Crippen molar-refractivity contribution in [3.8, 4) is 5.88 Å². The molecule has 0 saturated heterocycles. The Labute approximate surface area is 166 Å². The maximum absolute atomic E-state index is 12.9. The van der Waals surface area contributed by atoms with Crippen LogP contribution in [0.25, 0.3) is 5.57 Å². The number of hydrogen-bond acceptors (Lipinski definition) is 5. The number of ether oxygens (including phenoxy) is 1. The van der Waals surface area contributed by atoms with Crippen molar-refractivity contribution in [3.05, 3.63) is 65.0 Å². The SMILES string of the molecule is COc1ccc(/C(C=O)=C\N/N=C(\N)c2cc(C(F)(F)F)cc(C(F)(F)F)c2)cn1. The Balaban J connectivity index is 2.33. The fourth-order valence-corrected chi connectivity index (χ4v) is 2.20. The number of alkyl halides is 6. The highest BCUT2D eigenvalue weighted by Gasteiger charge is 2.37. The number of hydrazone groups is 1. The average Bonchev–Trinajstić information content (AvgIpc) is 2.69. The molecule has 0 spiro atoms. The zero-order valence-corrected chi connectivity index (χ0v) is 15.2. The van der Waals surface area contributed by atoms with E-state index < -0.39 is 34.9 Å². The third-order valence-corrected chi connectivity index (χ3v) is 3.69. The molecule has 0 aliphatic carbocycles. The minimum Gasteiger partial charge on any atom is -0.481 e. The molecule has 1 aromatic carbocycles. The lowest BCUT2D eigenvalue weighted by molar-refractivity contribution is -0.143. The first kappa shape index (κ1) is 22.7. The van der Waals surface area contributed by atoms with E-state index in [0.29, 0.717) is 29.9 Å². The summed E-state index contributed by atoms with van der Waals surface area (Å²) in [4.78, 5) is 15.1. The van der Waals surface area contributed by atoms with Gasteiger partial charge in [-0.1, -0.05) is 0 Å². The fraction of sp³-hybridized carbons (Fsp3) is 0.167. The van der Waals surface area contributed by atoms with Crippen molar-refractivity contribution in [2.75, 3.05) is 7.11 Å². The number of pyridine rings is 1. The quantitative estimate of drug-likeness (QED) is 0.182. The molecular weight excluding hydrogens is 418 g/mol. The summed E-state index contributed by atoms with van der Waals surface area (Å²) in [5, 5.41) is 3.52. The van der Waals surface area contributed by atoms with Crippen molar-refractivity contribution in [3.63, 3.8) is 0 Å². The van der Waals surface area contributed by atoms with Gasteiger partial charge in [-0.15, -0.1) is 0 Å². The molecule has 0 fully saturated rings. The third kappa shape index (κ3) is 5.72. The molecule has 3 N–H and O–H groups in total. The van der Waals surface area contributed by atoms with Crippen LogP contribution in [0.1, 0.15) is 22.3 Å². The van der Waals surface area contributed by atoms with Crippen LogP contribution in [0.15, 0.2) is 47.8 Å². The number of methoxy groups -OCH3 is 1. The van der Waals surface area contributed by atoms with E-state index in [-0.39, 0.29) is 11.6 Å². The smallest absolute Gasteiger partial charge is 0.416 e. The second-order valence-corrected chi connectivity index (χ2v) is 5.73. The molecule has 0 saturated carbocycles. The van der Waals surface area contributed by atoms with Gasteiger partial charge in [0.25, 0.3) is 0 Å². The number of aldehydes is 1. The van der Waals surface area contributed by atoms with Gasteiger partial charge in [0.05, 0.1) is 18.2 Å². The highest BCUT2D eigenvalue weighted by Crippen LogP contribution is 2.36. The van der Waals surface area contributed by atoms with Crippen molar-refractivity contribution in [2.45, 2.75) is 12.4 Å². The second-order valence-electron chi connectivity index (χ2n) is 5.73. The lowest BCUT2D eigenvalue weighted by Crippen LogP contribution is -2.20. The molecule has 0 radical (unpaired) electrons. The number of rotatable bonds is 6. The standard InChI is InChI=1S/C18H14F6N4O2/c1-30-15-3-2-10(7-26-15)12(9-29)8-27-28-16(25)11-4-13(17(19,20)21)6-14(5-11)18(22,23)24/h2-9,27H,1H3,(H2,25,28)/b12-8-. The molecule has 1 heterocycles. The first-order valence-electron chi connectivity index (χ1n) is 8.00. The summed E-state index contributed by atoms with van der Waals surface area (Å²) < 4.78 is 82.4. The minimum absolute atomic E-state index is 0.0225. The first-order valence-corrected chi connectivity index (χ1v) is 8.00. The minimum atomic E-state index is -5.02. The monoisotopic (exact) mass is 432 g/mol. The molecule has 0 aliphatic rings. The van der Waals surface area contributed by atoms with Gasteiger partial charge in [0.1, 0.15) is 0 Å². The molecule has 0 aliphatic heterocycles. The van der Waals surface area contributed by atoms with E-state index in [4.69, 9.17) is 10.5 Å². The molecule has 0 atom stereocenters. The number of allylic oxidation sites excluding steroid dienone is 1. The van der Waals surface area contributed by atoms with Gasteiger partial charge in [-0.05, 0) is 24.3 Å². The van der Waals surface area contributed by atoms with Crippen LogP contribution in [0.2, 0.25) is 0 Å². The number of nitrogens with two attached hydrogens (primary N) is 1. The molecule has 30 heavy (non-hydrogen) atoms.